The van der Waals surface area contributed by atoms with Gasteiger partial charge in [0.2, 0.25) is 5.89 Å². The van der Waals surface area contributed by atoms with E-state index in [0.29, 0.717) is 29.8 Å². The Morgan fingerprint density at radius 2 is 2.08 bits per heavy atom. The molecular formula is C18H22N4O3. The number of pyridine rings is 1. The smallest absolute Gasteiger partial charge is 0.341 e. The van der Waals surface area contributed by atoms with Crippen molar-refractivity contribution in [2.45, 2.75) is 44.4 Å². The summed E-state index contributed by atoms with van der Waals surface area (Å²) in [5, 5.41) is 4.17. The van der Waals surface area contributed by atoms with Crippen LogP contribution in [0.1, 0.15) is 66.5 Å². The van der Waals surface area contributed by atoms with Gasteiger partial charge in [-0.05, 0) is 44.7 Å². The zero-order valence-electron chi connectivity index (χ0n) is 14.4. The van der Waals surface area contributed by atoms with Crippen molar-refractivity contribution in [2.24, 2.45) is 0 Å². The number of aromatic nitrogens is 3. The number of esters is 1. The Bertz CT molecular complexity index is 748. The number of hydrogen-bond acceptors (Lipinski definition) is 7. The summed E-state index contributed by atoms with van der Waals surface area (Å²) in [6.45, 7) is 3.78. The van der Waals surface area contributed by atoms with Crippen LogP contribution in [0.25, 0.3) is 0 Å². The Balaban J connectivity index is 1.44. The van der Waals surface area contributed by atoms with E-state index >= 15 is 0 Å². The van der Waals surface area contributed by atoms with Crippen molar-refractivity contribution < 1.29 is 14.1 Å². The number of carbonyl (C=O) groups excluding carboxylic acids is 1. The molecule has 0 atom stereocenters. The quantitative estimate of drug-likeness (QED) is 0.773. The van der Waals surface area contributed by atoms with Gasteiger partial charge in [0.05, 0.1) is 6.61 Å². The first-order valence-electron chi connectivity index (χ1n) is 8.97. The first-order chi connectivity index (χ1) is 12.3. The van der Waals surface area contributed by atoms with Gasteiger partial charge in [0, 0.05) is 31.1 Å². The van der Waals surface area contributed by atoms with E-state index in [4.69, 9.17) is 9.26 Å². The third-order valence-corrected chi connectivity index (χ3v) is 4.83. The fourth-order valence-corrected chi connectivity index (χ4v) is 3.28. The van der Waals surface area contributed by atoms with Crippen molar-refractivity contribution in [2.75, 3.05) is 24.6 Å². The van der Waals surface area contributed by atoms with Gasteiger partial charge in [0.25, 0.3) is 0 Å². The van der Waals surface area contributed by atoms with Crippen LogP contribution in [0.5, 0.6) is 0 Å². The summed E-state index contributed by atoms with van der Waals surface area (Å²) in [5.41, 5.74) is 0.526. The molecule has 2 fully saturated rings. The van der Waals surface area contributed by atoms with Crippen LogP contribution in [0.2, 0.25) is 0 Å². The second-order valence-electron chi connectivity index (χ2n) is 6.62. The molecule has 4 rings (SSSR count). The highest BCUT2D eigenvalue weighted by atomic mass is 16.5. The van der Waals surface area contributed by atoms with Crippen molar-refractivity contribution >= 4 is 11.8 Å². The molecule has 25 heavy (non-hydrogen) atoms. The minimum absolute atomic E-state index is 0.308. The number of ether oxygens (including phenoxy) is 1. The van der Waals surface area contributed by atoms with Gasteiger partial charge in [-0.1, -0.05) is 5.16 Å². The maximum Gasteiger partial charge on any atom is 0.341 e. The van der Waals surface area contributed by atoms with Gasteiger partial charge in [-0.2, -0.15) is 4.98 Å². The molecule has 0 N–H and O–H groups in total. The van der Waals surface area contributed by atoms with E-state index in [9.17, 15) is 4.79 Å². The largest absolute Gasteiger partial charge is 0.462 e. The molecule has 0 radical (unpaired) electrons. The summed E-state index contributed by atoms with van der Waals surface area (Å²) in [4.78, 5) is 23.3. The highest BCUT2D eigenvalue weighted by Crippen LogP contribution is 2.40. The molecule has 2 aromatic heterocycles. The van der Waals surface area contributed by atoms with Gasteiger partial charge in [-0.15, -0.1) is 0 Å². The lowest BCUT2D eigenvalue weighted by Crippen LogP contribution is -2.35. The molecule has 1 aliphatic heterocycles. The molecule has 1 saturated carbocycles. The summed E-state index contributed by atoms with van der Waals surface area (Å²) < 4.78 is 10.5. The van der Waals surface area contributed by atoms with Gasteiger partial charge in [0.15, 0.2) is 5.82 Å². The van der Waals surface area contributed by atoms with E-state index in [-0.39, 0.29) is 5.97 Å². The third-order valence-electron chi connectivity index (χ3n) is 4.83. The summed E-state index contributed by atoms with van der Waals surface area (Å²) in [5.74, 6) is 2.80. The molecule has 7 heteroatoms. The molecular weight excluding hydrogens is 320 g/mol. The van der Waals surface area contributed by atoms with E-state index in [0.717, 1.165) is 50.5 Å². The van der Waals surface area contributed by atoms with Gasteiger partial charge in [-0.3, -0.25) is 0 Å². The minimum atomic E-state index is -0.319. The summed E-state index contributed by atoms with van der Waals surface area (Å²) in [7, 11) is 0. The fraction of sp³-hybridized carbons (Fsp3) is 0.556. The molecule has 0 unspecified atom stereocenters. The van der Waals surface area contributed by atoms with Crippen LogP contribution >= 0.6 is 0 Å². The van der Waals surface area contributed by atoms with Crippen molar-refractivity contribution in [1.29, 1.82) is 0 Å². The average Bonchev–Trinajstić information content (AvgIpc) is 3.39. The fourth-order valence-electron chi connectivity index (χ4n) is 3.28. The first kappa shape index (κ1) is 16.1. The molecule has 2 aromatic rings. The SMILES string of the molecule is CCOC(=O)c1cccnc1N1CCC(c2noc(C3CC3)n2)CC1. The molecule has 3 heterocycles. The summed E-state index contributed by atoms with van der Waals surface area (Å²) >= 11 is 0. The zero-order chi connectivity index (χ0) is 17.2. The van der Waals surface area contributed by atoms with Crippen LogP contribution in [0.3, 0.4) is 0 Å². The van der Waals surface area contributed by atoms with E-state index in [1.807, 2.05) is 0 Å². The number of nitrogens with zero attached hydrogens (tertiary/aromatic N) is 4. The van der Waals surface area contributed by atoms with Crippen LogP contribution < -0.4 is 4.90 Å². The first-order valence-corrected chi connectivity index (χ1v) is 8.97. The minimum Gasteiger partial charge on any atom is -0.462 e. The van der Waals surface area contributed by atoms with Crippen LogP contribution in [-0.2, 0) is 4.74 Å². The van der Waals surface area contributed by atoms with Crippen molar-refractivity contribution in [3.63, 3.8) is 0 Å². The Kier molecular flexibility index (Phi) is 4.38. The summed E-state index contributed by atoms with van der Waals surface area (Å²) in [6.07, 6.45) is 5.88. The molecule has 0 aromatic carbocycles. The number of piperidine rings is 1. The normalized spacial score (nSPS) is 18.4. The monoisotopic (exact) mass is 342 g/mol. The molecule has 1 aliphatic carbocycles. The van der Waals surface area contributed by atoms with E-state index in [1.54, 1.807) is 25.3 Å². The van der Waals surface area contributed by atoms with Crippen molar-refractivity contribution in [3.05, 3.63) is 35.6 Å². The maximum atomic E-state index is 12.1. The number of rotatable bonds is 5. The molecule has 0 spiro atoms. The molecule has 0 amide bonds. The molecule has 0 bridgehead atoms. The van der Waals surface area contributed by atoms with E-state index in [1.165, 1.54) is 0 Å². The Labute approximate surface area is 146 Å². The van der Waals surface area contributed by atoms with Crippen molar-refractivity contribution in [1.82, 2.24) is 15.1 Å². The Morgan fingerprint density at radius 1 is 1.28 bits per heavy atom. The molecule has 7 nitrogen and oxygen atoms in total. The molecule has 1 saturated heterocycles. The van der Waals surface area contributed by atoms with Gasteiger partial charge < -0.3 is 14.2 Å². The van der Waals surface area contributed by atoms with Crippen molar-refractivity contribution in [3.8, 4) is 0 Å². The van der Waals surface area contributed by atoms with Crippen LogP contribution in [0.4, 0.5) is 5.82 Å². The topological polar surface area (TPSA) is 81.4 Å². The highest BCUT2D eigenvalue weighted by molar-refractivity contribution is 5.94. The second kappa shape index (κ2) is 6.82. The van der Waals surface area contributed by atoms with Gasteiger partial charge in [-0.25, -0.2) is 9.78 Å². The second-order valence-corrected chi connectivity index (χ2v) is 6.62. The zero-order valence-corrected chi connectivity index (χ0v) is 14.4. The van der Waals surface area contributed by atoms with Gasteiger partial charge >= 0.3 is 5.97 Å². The Hall–Kier alpha value is -2.44. The lowest BCUT2D eigenvalue weighted by atomic mass is 9.96. The Morgan fingerprint density at radius 3 is 2.80 bits per heavy atom. The van der Waals surface area contributed by atoms with E-state index in [2.05, 4.69) is 20.0 Å². The van der Waals surface area contributed by atoms with Gasteiger partial charge in [0.1, 0.15) is 11.4 Å². The predicted molar refractivity (Wildman–Crippen MR) is 90.7 cm³/mol. The molecule has 2 aliphatic rings. The van der Waals surface area contributed by atoms with Crippen LogP contribution in [-0.4, -0.2) is 40.8 Å². The molecule has 132 valence electrons. The van der Waals surface area contributed by atoms with Crippen LogP contribution in [0, 0.1) is 0 Å². The predicted octanol–water partition coefficient (Wildman–Crippen LogP) is 2.90. The van der Waals surface area contributed by atoms with E-state index < -0.39 is 0 Å². The third kappa shape index (κ3) is 3.36. The number of anilines is 1. The maximum absolute atomic E-state index is 12.1. The lowest BCUT2D eigenvalue weighted by Gasteiger charge is -2.32. The van der Waals surface area contributed by atoms with Crippen LogP contribution in [0.15, 0.2) is 22.9 Å². The average molecular weight is 342 g/mol. The lowest BCUT2D eigenvalue weighted by molar-refractivity contribution is 0.0526. The number of hydrogen-bond donors (Lipinski definition) is 0. The standard InChI is InChI=1S/C18H22N4O3/c1-2-24-18(23)14-4-3-9-19-16(14)22-10-7-12(8-11-22)15-20-17(25-21-15)13-5-6-13/h3-4,9,12-13H,2,5-8,10-11H2,1H3. The highest BCUT2D eigenvalue weighted by Gasteiger charge is 2.32. The number of carbonyl (C=O) groups is 1. The summed E-state index contributed by atoms with van der Waals surface area (Å²) in [6, 6.07) is 3.54.